The summed E-state index contributed by atoms with van der Waals surface area (Å²) in [5.74, 6) is -0.599. The SMILES string of the molecule is O=Cc1ccc(-c2ccc(F)c(Cl)c2)c([N+](=O)[O-])c1. The van der Waals surface area contributed by atoms with Gasteiger partial charge in [0.15, 0.2) is 0 Å². The lowest BCUT2D eigenvalue weighted by atomic mass is 10.0. The predicted molar refractivity (Wildman–Crippen MR) is 68.9 cm³/mol. The van der Waals surface area contributed by atoms with Crippen molar-refractivity contribution >= 4 is 23.6 Å². The molecule has 2 aromatic rings. The van der Waals surface area contributed by atoms with Crippen LogP contribution >= 0.6 is 11.6 Å². The van der Waals surface area contributed by atoms with Crippen molar-refractivity contribution in [3.05, 3.63) is 62.9 Å². The Morgan fingerprint density at radius 1 is 1.21 bits per heavy atom. The molecule has 0 fully saturated rings. The lowest BCUT2D eigenvalue weighted by Gasteiger charge is -2.05. The summed E-state index contributed by atoms with van der Waals surface area (Å²) in [5, 5.41) is 10.9. The van der Waals surface area contributed by atoms with Gasteiger partial charge in [-0.05, 0) is 23.8 Å². The number of carbonyl (C=O) groups excluding carboxylic acids is 1. The van der Waals surface area contributed by atoms with Gasteiger partial charge < -0.3 is 0 Å². The molecule has 0 saturated heterocycles. The Morgan fingerprint density at radius 3 is 2.53 bits per heavy atom. The summed E-state index contributed by atoms with van der Waals surface area (Å²) in [5.41, 5.74) is 0.656. The molecule has 0 amide bonds. The average molecular weight is 280 g/mol. The van der Waals surface area contributed by atoms with E-state index in [-0.39, 0.29) is 21.8 Å². The molecule has 0 saturated carbocycles. The Bertz CT molecular complexity index is 673. The molecule has 0 aromatic heterocycles. The Labute approximate surface area is 112 Å². The van der Waals surface area contributed by atoms with Crippen molar-refractivity contribution in [2.75, 3.05) is 0 Å². The molecule has 0 heterocycles. The number of halogens is 2. The monoisotopic (exact) mass is 279 g/mol. The number of aldehydes is 1. The minimum atomic E-state index is -0.599. The first kappa shape index (κ1) is 13.2. The minimum Gasteiger partial charge on any atom is -0.298 e. The number of nitro groups is 1. The molecular formula is C13H7ClFNO3. The van der Waals surface area contributed by atoms with E-state index in [2.05, 4.69) is 0 Å². The maximum Gasteiger partial charge on any atom is 0.277 e. The Hall–Kier alpha value is -2.27. The number of carbonyl (C=O) groups is 1. The highest BCUT2D eigenvalue weighted by Crippen LogP contribution is 2.32. The summed E-state index contributed by atoms with van der Waals surface area (Å²) in [6.07, 6.45) is 0.522. The largest absolute Gasteiger partial charge is 0.298 e. The van der Waals surface area contributed by atoms with E-state index in [4.69, 9.17) is 11.6 Å². The van der Waals surface area contributed by atoms with Gasteiger partial charge in [0.05, 0.1) is 15.5 Å². The third-order valence-electron chi connectivity index (χ3n) is 2.59. The fraction of sp³-hybridized carbons (Fsp3) is 0. The Morgan fingerprint density at radius 2 is 1.95 bits per heavy atom. The summed E-state index contributed by atoms with van der Waals surface area (Å²) in [6, 6.07) is 7.89. The summed E-state index contributed by atoms with van der Waals surface area (Å²) in [4.78, 5) is 21.0. The molecular weight excluding hydrogens is 273 g/mol. The van der Waals surface area contributed by atoms with Crippen LogP contribution in [0.1, 0.15) is 10.4 Å². The second kappa shape index (κ2) is 5.16. The third-order valence-corrected chi connectivity index (χ3v) is 2.87. The van der Waals surface area contributed by atoms with E-state index in [1.807, 2.05) is 0 Å². The second-order valence-corrected chi connectivity index (χ2v) is 4.19. The summed E-state index contributed by atoms with van der Waals surface area (Å²) in [7, 11) is 0. The van der Waals surface area contributed by atoms with Crippen LogP contribution in [0.3, 0.4) is 0 Å². The molecule has 0 aliphatic rings. The van der Waals surface area contributed by atoms with E-state index in [0.717, 1.165) is 6.07 Å². The van der Waals surface area contributed by atoms with E-state index in [9.17, 15) is 19.3 Å². The van der Waals surface area contributed by atoms with E-state index in [1.54, 1.807) is 0 Å². The first-order valence-corrected chi connectivity index (χ1v) is 5.60. The summed E-state index contributed by atoms with van der Waals surface area (Å²) in [6.45, 7) is 0. The van der Waals surface area contributed by atoms with Crippen LogP contribution in [0, 0.1) is 15.9 Å². The van der Waals surface area contributed by atoms with Gasteiger partial charge in [-0.3, -0.25) is 14.9 Å². The number of benzene rings is 2. The lowest BCUT2D eigenvalue weighted by Crippen LogP contribution is -1.94. The van der Waals surface area contributed by atoms with Crippen molar-refractivity contribution in [1.82, 2.24) is 0 Å². The van der Waals surface area contributed by atoms with Crippen molar-refractivity contribution in [1.29, 1.82) is 0 Å². The minimum absolute atomic E-state index is 0.119. The van der Waals surface area contributed by atoms with Gasteiger partial charge in [-0.2, -0.15) is 0 Å². The highest BCUT2D eigenvalue weighted by atomic mass is 35.5. The molecule has 0 bridgehead atoms. The molecule has 0 N–H and O–H groups in total. The molecule has 96 valence electrons. The van der Waals surface area contributed by atoms with Crippen LogP contribution in [0.4, 0.5) is 10.1 Å². The summed E-state index contributed by atoms with van der Waals surface area (Å²) < 4.78 is 13.1. The van der Waals surface area contributed by atoms with E-state index < -0.39 is 10.7 Å². The third kappa shape index (κ3) is 2.61. The van der Waals surface area contributed by atoms with Gasteiger partial charge in [-0.1, -0.05) is 23.7 Å². The van der Waals surface area contributed by atoms with Crippen LogP contribution in [0.15, 0.2) is 36.4 Å². The molecule has 19 heavy (non-hydrogen) atoms. The average Bonchev–Trinajstić information content (AvgIpc) is 2.41. The Kier molecular flexibility index (Phi) is 3.57. The highest BCUT2D eigenvalue weighted by Gasteiger charge is 2.17. The first-order valence-electron chi connectivity index (χ1n) is 5.22. The lowest BCUT2D eigenvalue weighted by molar-refractivity contribution is -0.384. The molecule has 2 aromatic carbocycles. The van der Waals surface area contributed by atoms with Crippen LogP contribution in [0.25, 0.3) is 11.1 Å². The maximum atomic E-state index is 13.1. The predicted octanol–water partition coefficient (Wildman–Crippen LogP) is 3.87. The van der Waals surface area contributed by atoms with Crippen molar-refractivity contribution in [2.45, 2.75) is 0 Å². The zero-order valence-electron chi connectivity index (χ0n) is 9.47. The fourth-order valence-electron chi connectivity index (χ4n) is 1.68. The van der Waals surface area contributed by atoms with Crippen molar-refractivity contribution in [3.8, 4) is 11.1 Å². The number of rotatable bonds is 3. The number of nitrogens with zero attached hydrogens (tertiary/aromatic N) is 1. The number of hydrogen-bond acceptors (Lipinski definition) is 3. The molecule has 0 aliphatic heterocycles. The standard InChI is InChI=1S/C13H7ClFNO3/c14-11-6-9(2-4-12(11)15)10-3-1-8(7-17)5-13(10)16(18)19/h1-7H. The van der Waals surface area contributed by atoms with Crippen LogP contribution in [0.2, 0.25) is 5.02 Å². The quantitative estimate of drug-likeness (QED) is 0.487. The first-order chi connectivity index (χ1) is 9.02. The zero-order chi connectivity index (χ0) is 14.0. The number of hydrogen-bond donors (Lipinski definition) is 0. The topological polar surface area (TPSA) is 60.2 Å². The zero-order valence-corrected chi connectivity index (χ0v) is 10.2. The van der Waals surface area contributed by atoms with Gasteiger partial charge in [0.1, 0.15) is 12.1 Å². The van der Waals surface area contributed by atoms with E-state index >= 15 is 0 Å². The van der Waals surface area contributed by atoms with Gasteiger partial charge >= 0.3 is 0 Å². The molecule has 0 spiro atoms. The molecule has 4 nitrogen and oxygen atoms in total. The van der Waals surface area contributed by atoms with Gasteiger partial charge in [0.25, 0.3) is 5.69 Å². The van der Waals surface area contributed by atoms with E-state index in [1.165, 1.54) is 30.3 Å². The van der Waals surface area contributed by atoms with Crippen LogP contribution in [-0.4, -0.2) is 11.2 Å². The summed E-state index contributed by atoms with van der Waals surface area (Å²) >= 11 is 5.65. The fourth-order valence-corrected chi connectivity index (χ4v) is 1.86. The van der Waals surface area contributed by atoms with Crippen LogP contribution < -0.4 is 0 Å². The molecule has 2 rings (SSSR count). The Balaban J connectivity index is 2.63. The van der Waals surface area contributed by atoms with Crippen LogP contribution in [0.5, 0.6) is 0 Å². The molecule has 0 aliphatic carbocycles. The van der Waals surface area contributed by atoms with Crippen molar-refractivity contribution in [2.24, 2.45) is 0 Å². The molecule has 0 atom stereocenters. The number of nitro benzene ring substituents is 1. The van der Waals surface area contributed by atoms with E-state index in [0.29, 0.717) is 11.8 Å². The van der Waals surface area contributed by atoms with Gasteiger partial charge in [0, 0.05) is 11.6 Å². The maximum absolute atomic E-state index is 13.1. The molecule has 6 heteroatoms. The van der Waals surface area contributed by atoms with Crippen LogP contribution in [-0.2, 0) is 0 Å². The van der Waals surface area contributed by atoms with Crippen molar-refractivity contribution in [3.63, 3.8) is 0 Å². The molecule has 0 unspecified atom stereocenters. The smallest absolute Gasteiger partial charge is 0.277 e. The second-order valence-electron chi connectivity index (χ2n) is 3.78. The molecule has 0 radical (unpaired) electrons. The highest BCUT2D eigenvalue weighted by molar-refractivity contribution is 6.31. The van der Waals surface area contributed by atoms with Gasteiger partial charge in [-0.25, -0.2) is 4.39 Å². The van der Waals surface area contributed by atoms with Gasteiger partial charge in [0.2, 0.25) is 0 Å². The van der Waals surface area contributed by atoms with Crippen molar-refractivity contribution < 1.29 is 14.1 Å². The van der Waals surface area contributed by atoms with Gasteiger partial charge in [-0.15, -0.1) is 0 Å². The normalized spacial score (nSPS) is 10.2.